The number of rotatable bonds is 4. The van der Waals surface area contributed by atoms with Crippen LogP contribution in [-0.4, -0.2) is 24.1 Å². The molecule has 0 bridgehead atoms. The van der Waals surface area contributed by atoms with Gasteiger partial charge in [0.05, 0.1) is 21.3 Å². The Balaban J connectivity index is 1.35. The number of nitrogens with zero attached hydrogens (tertiary/aromatic N) is 5. The van der Waals surface area contributed by atoms with Crippen LogP contribution in [0.3, 0.4) is 0 Å². The van der Waals surface area contributed by atoms with Gasteiger partial charge in [0.2, 0.25) is 5.95 Å². The molecule has 10 rings (SSSR count). The van der Waals surface area contributed by atoms with E-state index in [1.54, 1.807) is 0 Å². The molecule has 10 aromatic rings. The summed E-state index contributed by atoms with van der Waals surface area (Å²) in [5, 5.41) is 6.09. The van der Waals surface area contributed by atoms with Crippen LogP contribution >= 0.6 is 11.3 Å². The number of benzene rings is 6. The van der Waals surface area contributed by atoms with Crippen molar-refractivity contribution in [1.29, 1.82) is 0 Å². The largest absolute Gasteiger partial charge is 0.301 e. The van der Waals surface area contributed by atoms with Crippen LogP contribution in [0.15, 0.2) is 152 Å². The van der Waals surface area contributed by atoms with Crippen molar-refractivity contribution >= 4 is 64.3 Å². The summed E-state index contributed by atoms with van der Waals surface area (Å²) in [4.78, 5) is 16.6. The van der Waals surface area contributed by atoms with Crippen molar-refractivity contribution in [1.82, 2.24) is 24.1 Å². The maximum atomic E-state index is 5.18. The molecule has 0 saturated heterocycles. The molecule has 0 saturated carbocycles. The van der Waals surface area contributed by atoms with Crippen molar-refractivity contribution in [2.75, 3.05) is 0 Å². The molecule has 0 N–H and O–H groups in total. The number of hydrogen-bond donors (Lipinski definition) is 0. The van der Waals surface area contributed by atoms with E-state index >= 15 is 0 Å². The molecule has 220 valence electrons. The lowest BCUT2D eigenvalue weighted by Crippen LogP contribution is -2.06. The van der Waals surface area contributed by atoms with Gasteiger partial charge in [-0.2, -0.15) is 9.97 Å². The SMILES string of the molecule is c1ccc(-c2nc(-c3ccccc3)nc(-n3c4ccccc4c4ccc5c(sc6c5c5ccccc5n6-c5ccccc5)c43)n2)cc1. The van der Waals surface area contributed by atoms with Gasteiger partial charge in [-0.15, -0.1) is 11.3 Å². The Hall–Kier alpha value is -6.11. The van der Waals surface area contributed by atoms with E-state index in [1.165, 1.54) is 42.0 Å². The Morgan fingerprint density at radius 3 is 1.62 bits per heavy atom. The molecule has 0 spiro atoms. The molecular weight excluding hydrogens is 595 g/mol. The molecule has 0 fully saturated rings. The normalized spacial score (nSPS) is 11.8. The summed E-state index contributed by atoms with van der Waals surface area (Å²) in [5.41, 5.74) is 6.43. The van der Waals surface area contributed by atoms with Gasteiger partial charge in [0, 0.05) is 43.7 Å². The Morgan fingerprint density at radius 2 is 0.957 bits per heavy atom. The minimum Gasteiger partial charge on any atom is -0.301 e. The molecule has 0 atom stereocenters. The lowest BCUT2D eigenvalue weighted by atomic mass is 10.1. The second-order valence-corrected chi connectivity index (χ2v) is 12.7. The molecule has 0 aliphatic carbocycles. The van der Waals surface area contributed by atoms with E-state index in [2.05, 4.69) is 124 Å². The predicted octanol–water partition coefficient (Wildman–Crippen LogP) is 10.6. The fourth-order valence-corrected chi connectivity index (χ4v) is 8.32. The quantitative estimate of drug-likeness (QED) is 0.197. The highest BCUT2D eigenvalue weighted by atomic mass is 32.1. The maximum Gasteiger partial charge on any atom is 0.238 e. The van der Waals surface area contributed by atoms with Gasteiger partial charge in [-0.3, -0.25) is 4.57 Å². The zero-order chi connectivity index (χ0) is 30.9. The van der Waals surface area contributed by atoms with Gasteiger partial charge in [-0.1, -0.05) is 127 Å². The fourth-order valence-electron chi connectivity index (χ4n) is 6.94. The molecule has 0 amide bonds. The lowest BCUT2D eigenvalue weighted by molar-refractivity contribution is 0.955. The van der Waals surface area contributed by atoms with E-state index in [0.717, 1.165) is 27.8 Å². The van der Waals surface area contributed by atoms with Crippen LogP contribution in [0, 0.1) is 0 Å². The summed E-state index contributed by atoms with van der Waals surface area (Å²) in [6, 6.07) is 52.8. The molecule has 4 heterocycles. The van der Waals surface area contributed by atoms with E-state index in [-0.39, 0.29) is 0 Å². The first-order valence-corrected chi connectivity index (χ1v) is 16.5. The van der Waals surface area contributed by atoms with Crippen molar-refractivity contribution in [3.63, 3.8) is 0 Å². The van der Waals surface area contributed by atoms with Crippen molar-refractivity contribution in [2.45, 2.75) is 0 Å². The summed E-state index contributed by atoms with van der Waals surface area (Å²) < 4.78 is 5.86. The average Bonchev–Trinajstić information content (AvgIpc) is 3.79. The van der Waals surface area contributed by atoms with Gasteiger partial charge in [0.1, 0.15) is 4.83 Å². The van der Waals surface area contributed by atoms with Crippen LogP contribution in [0.4, 0.5) is 0 Å². The number of fused-ring (bicyclic) bond motifs is 9. The third-order valence-electron chi connectivity index (χ3n) is 8.99. The smallest absolute Gasteiger partial charge is 0.238 e. The molecule has 0 unspecified atom stereocenters. The second kappa shape index (κ2) is 10.2. The zero-order valence-electron chi connectivity index (χ0n) is 25.1. The fraction of sp³-hybridized carbons (Fsp3) is 0. The van der Waals surface area contributed by atoms with Crippen molar-refractivity contribution in [3.05, 3.63) is 152 Å². The first kappa shape index (κ1) is 26.1. The third kappa shape index (κ3) is 3.92. The van der Waals surface area contributed by atoms with Gasteiger partial charge in [-0.25, -0.2) is 4.98 Å². The molecule has 4 aromatic heterocycles. The molecule has 0 aliphatic heterocycles. The summed E-state index contributed by atoms with van der Waals surface area (Å²) in [6.45, 7) is 0. The zero-order valence-corrected chi connectivity index (χ0v) is 25.9. The summed E-state index contributed by atoms with van der Waals surface area (Å²) in [5.74, 6) is 1.89. The number of para-hydroxylation sites is 3. The molecule has 6 heteroatoms. The predicted molar refractivity (Wildman–Crippen MR) is 195 cm³/mol. The third-order valence-corrected chi connectivity index (χ3v) is 10.2. The maximum absolute atomic E-state index is 5.18. The highest BCUT2D eigenvalue weighted by Crippen LogP contribution is 2.46. The van der Waals surface area contributed by atoms with E-state index in [0.29, 0.717) is 17.6 Å². The first-order chi connectivity index (χ1) is 23.3. The monoisotopic (exact) mass is 619 g/mol. The van der Waals surface area contributed by atoms with Crippen molar-refractivity contribution in [2.24, 2.45) is 0 Å². The van der Waals surface area contributed by atoms with Gasteiger partial charge < -0.3 is 4.57 Å². The summed E-state index contributed by atoms with van der Waals surface area (Å²) >= 11 is 1.83. The topological polar surface area (TPSA) is 48.5 Å². The van der Waals surface area contributed by atoms with Crippen LogP contribution in [0.2, 0.25) is 0 Å². The second-order valence-electron chi connectivity index (χ2n) is 11.7. The van der Waals surface area contributed by atoms with Crippen LogP contribution in [0.5, 0.6) is 0 Å². The summed E-state index contributed by atoms with van der Waals surface area (Å²) in [7, 11) is 0. The van der Waals surface area contributed by atoms with Gasteiger partial charge in [0.25, 0.3) is 0 Å². The van der Waals surface area contributed by atoms with Crippen LogP contribution in [-0.2, 0) is 0 Å². The Kier molecular flexibility index (Phi) is 5.68. The number of thiophene rings is 1. The Morgan fingerprint density at radius 1 is 0.426 bits per heavy atom. The van der Waals surface area contributed by atoms with Gasteiger partial charge >= 0.3 is 0 Å². The minimum atomic E-state index is 0.602. The highest BCUT2D eigenvalue weighted by Gasteiger charge is 2.23. The number of hydrogen-bond acceptors (Lipinski definition) is 4. The number of aromatic nitrogens is 5. The molecule has 5 nitrogen and oxygen atoms in total. The molecule has 6 aromatic carbocycles. The van der Waals surface area contributed by atoms with Crippen molar-refractivity contribution < 1.29 is 0 Å². The molecule has 0 aliphatic rings. The first-order valence-electron chi connectivity index (χ1n) is 15.6. The Bertz CT molecular complexity index is 2720. The lowest BCUT2D eigenvalue weighted by Gasteiger charge is -2.11. The van der Waals surface area contributed by atoms with E-state index in [1.807, 2.05) is 47.7 Å². The van der Waals surface area contributed by atoms with E-state index < -0.39 is 0 Å². The molecule has 47 heavy (non-hydrogen) atoms. The average molecular weight is 620 g/mol. The highest BCUT2D eigenvalue weighted by molar-refractivity contribution is 7.26. The van der Waals surface area contributed by atoms with E-state index in [9.17, 15) is 0 Å². The van der Waals surface area contributed by atoms with Crippen molar-refractivity contribution in [3.8, 4) is 34.4 Å². The molecular formula is C41H25N5S. The minimum absolute atomic E-state index is 0.602. The van der Waals surface area contributed by atoms with Gasteiger partial charge in [0.15, 0.2) is 11.6 Å². The van der Waals surface area contributed by atoms with Gasteiger partial charge in [-0.05, 0) is 24.3 Å². The summed E-state index contributed by atoms with van der Waals surface area (Å²) in [6.07, 6.45) is 0. The standard InChI is InChI=1S/C41H25N5S/c1-4-14-26(15-5-1)38-42-39(27-16-6-2-7-17-27)44-41(43-38)46-33-22-12-10-20-29(33)30-24-25-32-35-31-21-11-13-23-34(31)45(28-18-8-3-9-19-28)40(35)47-37(32)36(30)46/h1-25H. The van der Waals surface area contributed by atoms with E-state index in [4.69, 9.17) is 15.0 Å². The van der Waals surface area contributed by atoms with Crippen LogP contribution in [0.25, 0.3) is 87.4 Å². The van der Waals surface area contributed by atoms with Crippen LogP contribution < -0.4 is 0 Å². The van der Waals surface area contributed by atoms with Crippen LogP contribution in [0.1, 0.15) is 0 Å². The Labute approximate surface area is 273 Å². The molecule has 0 radical (unpaired) electrons.